The van der Waals surface area contributed by atoms with Crippen LogP contribution in [0.2, 0.25) is 0 Å². The van der Waals surface area contributed by atoms with Crippen LogP contribution in [0.1, 0.15) is 23.9 Å². The van der Waals surface area contributed by atoms with Gasteiger partial charge in [0.15, 0.2) is 5.76 Å². The van der Waals surface area contributed by atoms with E-state index in [4.69, 9.17) is 4.52 Å². The highest BCUT2D eigenvalue weighted by Gasteiger charge is 2.08. The molecule has 17 heavy (non-hydrogen) atoms. The third-order valence-corrected chi connectivity index (χ3v) is 2.75. The van der Waals surface area contributed by atoms with Gasteiger partial charge in [-0.2, -0.15) is 0 Å². The molecule has 2 rings (SSSR count). The third-order valence-electron chi connectivity index (χ3n) is 2.75. The Kier molecular flexibility index (Phi) is 3.94. The molecular weight excluding hydrogens is 212 g/mol. The van der Waals surface area contributed by atoms with Gasteiger partial charge in [-0.15, -0.1) is 0 Å². The maximum atomic E-state index is 5.24. The highest BCUT2D eigenvalue weighted by atomic mass is 16.5. The summed E-state index contributed by atoms with van der Waals surface area (Å²) in [6.45, 7) is 6.85. The van der Waals surface area contributed by atoms with Gasteiger partial charge in [0.25, 0.3) is 0 Å². The summed E-state index contributed by atoms with van der Waals surface area (Å²) in [7, 11) is 0. The van der Waals surface area contributed by atoms with Crippen LogP contribution in [0.5, 0.6) is 0 Å². The molecule has 1 aromatic heterocycles. The van der Waals surface area contributed by atoms with Crippen molar-refractivity contribution in [2.45, 2.75) is 26.9 Å². The second-order valence-corrected chi connectivity index (χ2v) is 4.22. The molecule has 0 radical (unpaired) electrons. The van der Waals surface area contributed by atoms with E-state index >= 15 is 0 Å². The molecule has 90 valence electrons. The molecule has 0 fully saturated rings. The van der Waals surface area contributed by atoms with Crippen LogP contribution in [0, 0.1) is 6.92 Å². The molecule has 0 aliphatic rings. The van der Waals surface area contributed by atoms with Crippen molar-refractivity contribution in [2.24, 2.45) is 0 Å². The molecule has 0 bridgehead atoms. The molecule has 0 saturated heterocycles. The topological polar surface area (TPSA) is 29.3 Å². The Balaban J connectivity index is 1.98. The minimum atomic E-state index is 0.812. The minimum absolute atomic E-state index is 0.812. The maximum absolute atomic E-state index is 5.24. The van der Waals surface area contributed by atoms with Crippen molar-refractivity contribution in [1.29, 1.82) is 0 Å². The predicted molar refractivity (Wildman–Crippen MR) is 67.5 cm³/mol. The van der Waals surface area contributed by atoms with Gasteiger partial charge in [0, 0.05) is 12.6 Å². The van der Waals surface area contributed by atoms with Crippen LogP contribution in [-0.4, -0.2) is 16.6 Å². The molecule has 3 heteroatoms. The van der Waals surface area contributed by atoms with Crippen molar-refractivity contribution in [1.82, 2.24) is 10.1 Å². The lowest BCUT2D eigenvalue weighted by molar-refractivity contribution is 0.233. The molecule has 0 aliphatic carbocycles. The summed E-state index contributed by atoms with van der Waals surface area (Å²) in [5.41, 5.74) is 2.27. The predicted octanol–water partition coefficient (Wildman–Crippen LogP) is 3.01. The van der Waals surface area contributed by atoms with Gasteiger partial charge in [-0.3, -0.25) is 4.90 Å². The van der Waals surface area contributed by atoms with Gasteiger partial charge in [0.1, 0.15) is 0 Å². The molecule has 0 aliphatic heterocycles. The van der Waals surface area contributed by atoms with E-state index in [-0.39, 0.29) is 0 Å². The Labute approximate surface area is 102 Å². The Hall–Kier alpha value is -1.61. The van der Waals surface area contributed by atoms with E-state index in [1.165, 1.54) is 5.56 Å². The van der Waals surface area contributed by atoms with Crippen molar-refractivity contribution >= 4 is 0 Å². The lowest BCUT2D eigenvalue weighted by atomic mass is 10.2. The fourth-order valence-electron chi connectivity index (χ4n) is 1.83. The summed E-state index contributed by atoms with van der Waals surface area (Å²) in [5, 5.41) is 3.91. The second-order valence-electron chi connectivity index (χ2n) is 4.22. The van der Waals surface area contributed by atoms with Gasteiger partial charge >= 0.3 is 0 Å². The third kappa shape index (κ3) is 3.43. The highest BCUT2D eigenvalue weighted by Crippen LogP contribution is 2.10. The van der Waals surface area contributed by atoms with Crippen LogP contribution in [0.25, 0.3) is 0 Å². The monoisotopic (exact) mass is 230 g/mol. The number of aryl methyl sites for hydroxylation is 1. The molecule has 2 aromatic rings. The minimum Gasteiger partial charge on any atom is -0.360 e. The van der Waals surface area contributed by atoms with Crippen LogP contribution >= 0.6 is 0 Å². The standard InChI is InChI=1S/C14H18N2O/c1-3-16(10-13-7-5-4-6-8-13)11-14-9-12(2)15-17-14/h4-9H,3,10-11H2,1-2H3. The fourth-order valence-corrected chi connectivity index (χ4v) is 1.83. The summed E-state index contributed by atoms with van der Waals surface area (Å²) in [6, 6.07) is 12.5. The van der Waals surface area contributed by atoms with Crippen LogP contribution in [0.15, 0.2) is 40.9 Å². The number of aromatic nitrogens is 1. The number of rotatable bonds is 5. The van der Waals surface area contributed by atoms with Crippen molar-refractivity contribution in [3.05, 3.63) is 53.4 Å². The van der Waals surface area contributed by atoms with Crippen LogP contribution < -0.4 is 0 Å². The summed E-state index contributed by atoms with van der Waals surface area (Å²) >= 11 is 0. The van der Waals surface area contributed by atoms with Crippen LogP contribution in [-0.2, 0) is 13.1 Å². The molecule has 0 spiro atoms. The van der Waals surface area contributed by atoms with E-state index in [1.54, 1.807) is 0 Å². The normalized spacial score (nSPS) is 11.0. The van der Waals surface area contributed by atoms with Crippen LogP contribution in [0.4, 0.5) is 0 Å². The quantitative estimate of drug-likeness (QED) is 0.790. The Morgan fingerprint density at radius 1 is 1.18 bits per heavy atom. The molecule has 0 unspecified atom stereocenters. The van der Waals surface area contributed by atoms with Gasteiger partial charge in [-0.25, -0.2) is 0 Å². The van der Waals surface area contributed by atoms with Crippen molar-refractivity contribution < 1.29 is 4.52 Å². The van der Waals surface area contributed by atoms with Gasteiger partial charge in [-0.1, -0.05) is 42.4 Å². The van der Waals surface area contributed by atoms with Crippen molar-refractivity contribution in [3.8, 4) is 0 Å². The largest absolute Gasteiger partial charge is 0.360 e. The van der Waals surface area contributed by atoms with Gasteiger partial charge in [-0.05, 0) is 19.0 Å². The first-order valence-corrected chi connectivity index (χ1v) is 5.96. The van der Waals surface area contributed by atoms with E-state index in [1.807, 2.05) is 19.1 Å². The summed E-state index contributed by atoms with van der Waals surface area (Å²) < 4.78 is 5.24. The molecular formula is C14H18N2O. The average Bonchev–Trinajstić information content (AvgIpc) is 2.75. The lowest BCUT2D eigenvalue weighted by Crippen LogP contribution is -2.21. The first-order valence-electron chi connectivity index (χ1n) is 5.96. The fraction of sp³-hybridized carbons (Fsp3) is 0.357. The van der Waals surface area contributed by atoms with Gasteiger partial charge < -0.3 is 4.52 Å². The zero-order valence-corrected chi connectivity index (χ0v) is 10.4. The summed E-state index contributed by atoms with van der Waals surface area (Å²) in [4.78, 5) is 2.33. The van der Waals surface area contributed by atoms with E-state index in [0.29, 0.717) is 0 Å². The Morgan fingerprint density at radius 2 is 1.94 bits per heavy atom. The van der Waals surface area contributed by atoms with E-state index in [0.717, 1.165) is 31.1 Å². The van der Waals surface area contributed by atoms with E-state index in [2.05, 4.69) is 41.2 Å². The first-order chi connectivity index (χ1) is 8.28. The summed E-state index contributed by atoms with van der Waals surface area (Å²) in [6.07, 6.45) is 0. The molecule has 0 N–H and O–H groups in total. The maximum Gasteiger partial charge on any atom is 0.150 e. The molecule has 1 heterocycles. The second kappa shape index (κ2) is 5.64. The average molecular weight is 230 g/mol. The molecule has 0 saturated carbocycles. The number of benzene rings is 1. The number of nitrogens with zero attached hydrogens (tertiary/aromatic N) is 2. The molecule has 0 amide bonds. The molecule has 0 atom stereocenters. The number of hydrogen-bond donors (Lipinski definition) is 0. The van der Waals surface area contributed by atoms with E-state index in [9.17, 15) is 0 Å². The smallest absolute Gasteiger partial charge is 0.150 e. The van der Waals surface area contributed by atoms with Crippen LogP contribution in [0.3, 0.4) is 0 Å². The SMILES string of the molecule is CCN(Cc1ccccc1)Cc1cc(C)no1. The van der Waals surface area contributed by atoms with Crippen molar-refractivity contribution in [2.75, 3.05) is 6.54 Å². The Morgan fingerprint density at radius 3 is 2.53 bits per heavy atom. The molecule has 3 nitrogen and oxygen atoms in total. The molecule has 1 aromatic carbocycles. The first kappa shape index (κ1) is 11.9. The van der Waals surface area contributed by atoms with E-state index < -0.39 is 0 Å². The zero-order chi connectivity index (χ0) is 12.1. The Bertz CT molecular complexity index is 450. The summed E-state index contributed by atoms with van der Waals surface area (Å²) in [5.74, 6) is 0.931. The van der Waals surface area contributed by atoms with Crippen molar-refractivity contribution in [3.63, 3.8) is 0 Å². The highest BCUT2D eigenvalue weighted by molar-refractivity contribution is 5.14. The van der Waals surface area contributed by atoms with Gasteiger partial charge in [0.05, 0.1) is 12.2 Å². The van der Waals surface area contributed by atoms with Gasteiger partial charge in [0.2, 0.25) is 0 Å². The number of hydrogen-bond acceptors (Lipinski definition) is 3. The lowest BCUT2D eigenvalue weighted by Gasteiger charge is -2.18. The zero-order valence-electron chi connectivity index (χ0n) is 10.4.